The molecule has 1 aromatic rings. The van der Waals surface area contributed by atoms with E-state index in [2.05, 4.69) is 0 Å². The van der Waals surface area contributed by atoms with E-state index >= 15 is 0 Å². The van der Waals surface area contributed by atoms with Crippen molar-refractivity contribution in [1.82, 2.24) is 0 Å². The molecule has 0 N–H and O–H groups in total. The second-order valence-electron chi connectivity index (χ2n) is 3.73. The summed E-state index contributed by atoms with van der Waals surface area (Å²) in [4.78, 5) is 0. The molecule has 1 saturated heterocycles. The van der Waals surface area contributed by atoms with E-state index < -0.39 is 12.3 Å². The Morgan fingerprint density at radius 2 is 2.06 bits per heavy atom. The predicted octanol–water partition coefficient (Wildman–Crippen LogP) is 3.36. The maximum absolute atomic E-state index is 12.8. The van der Waals surface area contributed by atoms with Crippen LogP contribution < -0.4 is 0 Å². The van der Waals surface area contributed by atoms with Gasteiger partial charge in [-0.25, -0.2) is 0 Å². The fourth-order valence-electron chi connectivity index (χ4n) is 1.42. The third-order valence-corrected chi connectivity index (χ3v) is 2.68. The van der Waals surface area contributed by atoms with E-state index in [1.807, 2.05) is 0 Å². The minimum absolute atomic E-state index is 0.0477. The van der Waals surface area contributed by atoms with Crippen molar-refractivity contribution in [3.8, 4) is 0 Å². The first-order valence-electron chi connectivity index (χ1n) is 5.03. The molecule has 94 valence electrons. The molecule has 1 aliphatic rings. The molecular weight excluding hydrogens is 257 g/mol. The van der Waals surface area contributed by atoms with Crippen LogP contribution in [0, 0.1) is 0 Å². The first-order chi connectivity index (χ1) is 7.98. The maximum Gasteiger partial charge on any atom is 0.418 e. The van der Waals surface area contributed by atoms with E-state index in [1.165, 1.54) is 18.2 Å². The number of rotatable bonds is 4. The van der Waals surface area contributed by atoms with Gasteiger partial charge < -0.3 is 9.47 Å². The number of hydrogen-bond donors (Lipinski definition) is 0. The van der Waals surface area contributed by atoms with Crippen LogP contribution in [0.1, 0.15) is 11.7 Å². The van der Waals surface area contributed by atoms with Crippen molar-refractivity contribution in [2.45, 2.75) is 18.4 Å². The van der Waals surface area contributed by atoms with E-state index in [1.54, 1.807) is 6.07 Å². The number of benzene rings is 1. The van der Waals surface area contributed by atoms with E-state index in [0.717, 1.165) is 0 Å². The zero-order chi connectivity index (χ0) is 12.5. The van der Waals surface area contributed by atoms with Crippen LogP contribution in [0.15, 0.2) is 24.3 Å². The first-order valence-corrected chi connectivity index (χ1v) is 5.40. The molecule has 1 aromatic carbocycles. The lowest BCUT2D eigenvalue weighted by Gasteiger charge is -2.21. The Kier molecular flexibility index (Phi) is 3.61. The molecule has 0 amide bonds. The highest BCUT2D eigenvalue weighted by atomic mass is 35.5. The van der Waals surface area contributed by atoms with Gasteiger partial charge in [0.25, 0.3) is 0 Å². The number of ether oxygens (including phenoxy) is 2. The van der Waals surface area contributed by atoms with Crippen LogP contribution >= 0.6 is 11.6 Å². The predicted molar refractivity (Wildman–Crippen MR) is 55.9 cm³/mol. The standard InChI is InChI=1S/C11H10ClF3O2/c12-9-4-2-1-3-8(9)10(11(13,14)15)17-6-7-5-16-7/h1-4,7,10H,5-6H2/t7-,10-/m0/s1. The summed E-state index contributed by atoms with van der Waals surface area (Å²) >= 11 is 5.74. The van der Waals surface area contributed by atoms with Gasteiger partial charge in [-0.3, -0.25) is 0 Å². The van der Waals surface area contributed by atoms with Gasteiger partial charge in [0, 0.05) is 10.6 Å². The third-order valence-electron chi connectivity index (χ3n) is 2.34. The molecule has 2 nitrogen and oxygen atoms in total. The van der Waals surface area contributed by atoms with Crippen LogP contribution in [-0.2, 0) is 9.47 Å². The molecule has 0 unspecified atom stereocenters. The number of alkyl halides is 3. The lowest BCUT2D eigenvalue weighted by Crippen LogP contribution is -2.25. The van der Waals surface area contributed by atoms with Crippen molar-refractivity contribution in [2.75, 3.05) is 13.2 Å². The van der Waals surface area contributed by atoms with Crippen LogP contribution in [-0.4, -0.2) is 25.5 Å². The van der Waals surface area contributed by atoms with Gasteiger partial charge in [-0.1, -0.05) is 29.8 Å². The fourth-order valence-corrected chi connectivity index (χ4v) is 1.65. The van der Waals surface area contributed by atoms with Gasteiger partial charge in [-0.2, -0.15) is 13.2 Å². The van der Waals surface area contributed by atoms with E-state index in [-0.39, 0.29) is 23.3 Å². The van der Waals surface area contributed by atoms with Gasteiger partial charge in [0.2, 0.25) is 0 Å². The van der Waals surface area contributed by atoms with Gasteiger partial charge in [0.15, 0.2) is 6.10 Å². The van der Waals surface area contributed by atoms with E-state index in [0.29, 0.717) is 6.61 Å². The highest BCUT2D eigenvalue weighted by Gasteiger charge is 2.43. The Labute approximate surface area is 101 Å². The molecule has 6 heteroatoms. The summed E-state index contributed by atoms with van der Waals surface area (Å²) in [6.45, 7) is 0.377. The summed E-state index contributed by atoms with van der Waals surface area (Å²) in [5, 5.41) is 0.0477. The lowest BCUT2D eigenvalue weighted by atomic mass is 10.1. The zero-order valence-electron chi connectivity index (χ0n) is 8.71. The molecule has 0 bridgehead atoms. The molecule has 0 saturated carbocycles. The molecule has 2 atom stereocenters. The average Bonchev–Trinajstić information content (AvgIpc) is 3.03. The van der Waals surface area contributed by atoms with Crippen molar-refractivity contribution < 1.29 is 22.6 Å². The summed E-state index contributed by atoms with van der Waals surface area (Å²) in [5.74, 6) is 0. The summed E-state index contributed by atoms with van der Waals surface area (Å²) < 4.78 is 48.2. The minimum atomic E-state index is -4.49. The Morgan fingerprint density at radius 3 is 2.59 bits per heavy atom. The van der Waals surface area contributed by atoms with Crippen molar-refractivity contribution >= 4 is 11.6 Å². The van der Waals surface area contributed by atoms with Gasteiger partial charge >= 0.3 is 6.18 Å². The van der Waals surface area contributed by atoms with Crippen LogP contribution in [0.3, 0.4) is 0 Å². The maximum atomic E-state index is 12.8. The second kappa shape index (κ2) is 4.84. The van der Waals surface area contributed by atoms with Gasteiger partial charge in [-0.15, -0.1) is 0 Å². The fraction of sp³-hybridized carbons (Fsp3) is 0.455. The Morgan fingerprint density at radius 1 is 1.41 bits per heavy atom. The monoisotopic (exact) mass is 266 g/mol. The normalized spacial score (nSPS) is 21.3. The minimum Gasteiger partial charge on any atom is -0.371 e. The summed E-state index contributed by atoms with van der Waals surface area (Å²) in [5.41, 5.74) is -0.0673. The van der Waals surface area contributed by atoms with Crippen LogP contribution in [0.5, 0.6) is 0 Å². The van der Waals surface area contributed by atoms with Gasteiger partial charge in [-0.05, 0) is 6.07 Å². The van der Waals surface area contributed by atoms with Gasteiger partial charge in [0.05, 0.1) is 13.2 Å². The average molecular weight is 267 g/mol. The molecule has 17 heavy (non-hydrogen) atoms. The molecule has 0 spiro atoms. The lowest BCUT2D eigenvalue weighted by molar-refractivity contribution is -0.224. The smallest absolute Gasteiger partial charge is 0.371 e. The molecular formula is C11H10ClF3O2. The van der Waals surface area contributed by atoms with E-state index in [4.69, 9.17) is 21.1 Å². The number of halogens is 4. The molecule has 1 heterocycles. The second-order valence-corrected chi connectivity index (χ2v) is 4.14. The molecule has 2 rings (SSSR count). The zero-order valence-corrected chi connectivity index (χ0v) is 9.46. The molecule has 0 radical (unpaired) electrons. The Balaban J connectivity index is 2.16. The first kappa shape index (κ1) is 12.7. The van der Waals surface area contributed by atoms with Gasteiger partial charge in [0.1, 0.15) is 6.10 Å². The summed E-state index contributed by atoms with van der Waals surface area (Å²) in [7, 11) is 0. The molecule has 0 aliphatic carbocycles. The third kappa shape index (κ3) is 3.34. The largest absolute Gasteiger partial charge is 0.418 e. The Bertz CT molecular complexity index is 391. The molecule has 1 aliphatic heterocycles. The SMILES string of the molecule is FC(F)(F)[C@@H](OC[C@@H]1CO1)c1ccccc1Cl. The quantitative estimate of drug-likeness (QED) is 0.780. The van der Waals surface area contributed by atoms with Crippen LogP contribution in [0.4, 0.5) is 13.2 Å². The molecule has 1 fully saturated rings. The summed E-state index contributed by atoms with van der Waals surface area (Å²) in [6.07, 6.45) is -6.71. The van der Waals surface area contributed by atoms with Crippen molar-refractivity contribution in [1.29, 1.82) is 0 Å². The molecule has 0 aromatic heterocycles. The van der Waals surface area contributed by atoms with Crippen LogP contribution in [0.2, 0.25) is 5.02 Å². The Hall–Kier alpha value is -0.780. The van der Waals surface area contributed by atoms with Crippen LogP contribution in [0.25, 0.3) is 0 Å². The summed E-state index contributed by atoms with van der Waals surface area (Å²) in [6, 6.07) is 5.79. The van der Waals surface area contributed by atoms with Crippen molar-refractivity contribution in [2.24, 2.45) is 0 Å². The van der Waals surface area contributed by atoms with Crippen molar-refractivity contribution in [3.63, 3.8) is 0 Å². The topological polar surface area (TPSA) is 21.8 Å². The van der Waals surface area contributed by atoms with Crippen molar-refractivity contribution in [3.05, 3.63) is 34.9 Å². The number of epoxide rings is 1. The highest BCUT2D eigenvalue weighted by molar-refractivity contribution is 6.31. The highest BCUT2D eigenvalue weighted by Crippen LogP contribution is 2.39. The number of hydrogen-bond acceptors (Lipinski definition) is 2. The van der Waals surface area contributed by atoms with E-state index in [9.17, 15) is 13.2 Å².